The molecule has 220 valence electrons. The van der Waals surface area contributed by atoms with Gasteiger partial charge in [0.05, 0.1) is 16.7 Å². The Kier molecular flexibility index (Phi) is 7.99. The van der Waals surface area contributed by atoms with Gasteiger partial charge in [-0.2, -0.15) is 0 Å². The number of imidazole rings is 1. The lowest BCUT2D eigenvalue weighted by Gasteiger charge is -2.19. The van der Waals surface area contributed by atoms with Crippen molar-refractivity contribution in [2.45, 2.75) is 45.8 Å². The summed E-state index contributed by atoms with van der Waals surface area (Å²) in [6.45, 7) is 8.96. The minimum atomic E-state index is -0.805. The maximum atomic E-state index is 13.2. The monoisotopic (exact) mass is 570 g/mol. The maximum Gasteiger partial charge on any atom is 0.261 e. The zero-order valence-corrected chi connectivity index (χ0v) is 24.2. The smallest absolute Gasteiger partial charge is 0.261 e. The van der Waals surface area contributed by atoms with Gasteiger partial charge in [-0.05, 0) is 88.1 Å². The number of likely N-dealkylation sites (tertiary alicyclic amines) is 1. The van der Waals surface area contributed by atoms with Gasteiger partial charge in [0.15, 0.2) is 0 Å². The van der Waals surface area contributed by atoms with Gasteiger partial charge in [0.2, 0.25) is 0 Å². The molecule has 1 saturated heterocycles. The maximum absolute atomic E-state index is 13.2. The first-order valence-electron chi connectivity index (χ1n) is 14.7. The number of aliphatic hydroxyl groups excluding tert-OH is 1. The molecule has 2 aliphatic heterocycles. The van der Waals surface area contributed by atoms with Gasteiger partial charge >= 0.3 is 0 Å². The molecule has 0 bridgehead atoms. The summed E-state index contributed by atoms with van der Waals surface area (Å²) in [5.74, 6) is 1.16. The van der Waals surface area contributed by atoms with Gasteiger partial charge in [-0.15, -0.1) is 0 Å². The Labute approximate surface area is 244 Å². The minimum absolute atomic E-state index is 0.0369. The normalized spacial score (nSPS) is 15.9. The van der Waals surface area contributed by atoms with E-state index >= 15 is 0 Å². The number of amides is 1. The number of aromatic nitrogens is 3. The minimum Gasteiger partial charge on any atom is -0.491 e. The highest BCUT2D eigenvalue weighted by Crippen LogP contribution is 2.30. The fraction of sp³-hybridized carbons (Fsp3) is 0.406. The van der Waals surface area contributed by atoms with E-state index in [1.165, 1.54) is 12.8 Å². The molecule has 1 fully saturated rings. The predicted molar refractivity (Wildman–Crippen MR) is 163 cm³/mol. The van der Waals surface area contributed by atoms with Crippen molar-refractivity contribution in [3.63, 3.8) is 0 Å². The number of pyridine rings is 1. The fourth-order valence-corrected chi connectivity index (χ4v) is 5.96. The molecule has 1 atom stereocenters. The Morgan fingerprint density at radius 3 is 2.74 bits per heavy atom. The van der Waals surface area contributed by atoms with Crippen LogP contribution in [0.15, 0.2) is 47.4 Å². The SMILES string of the molecule is Cc1ccc(OCC(O)CNc2cc[nH]c(=O)c2-c2nc3cc4c(cc3[nH]2)CN(CCCN2CCCC2)C4=O)c(C)c1. The van der Waals surface area contributed by atoms with Crippen molar-refractivity contribution in [1.29, 1.82) is 0 Å². The molecule has 0 spiro atoms. The number of aliphatic hydroxyl groups is 1. The largest absolute Gasteiger partial charge is 0.491 e. The summed E-state index contributed by atoms with van der Waals surface area (Å²) in [5.41, 5.74) is 5.77. The lowest BCUT2D eigenvalue weighted by Crippen LogP contribution is -2.29. The summed E-state index contributed by atoms with van der Waals surface area (Å²) in [4.78, 5) is 41.2. The van der Waals surface area contributed by atoms with Gasteiger partial charge in [-0.25, -0.2) is 4.98 Å². The first kappa shape index (κ1) is 28.0. The third-order valence-corrected chi connectivity index (χ3v) is 8.17. The summed E-state index contributed by atoms with van der Waals surface area (Å²) in [6, 6.07) is 11.4. The number of nitrogens with one attached hydrogen (secondary N) is 3. The molecule has 2 aliphatic rings. The van der Waals surface area contributed by atoms with Crippen molar-refractivity contribution in [2.24, 2.45) is 0 Å². The lowest BCUT2D eigenvalue weighted by molar-refractivity contribution is 0.0772. The average Bonchev–Trinajstić information content (AvgIpc) is 3.70. The van der Waals surface area contributed by atoms with E-state index in [0.29, 0.717) is 34.7 Å². The number of carbonyl (C=O) groups is 1. The van der Waals surface area contributed by atoms with Crippen LogP contribution < -0.4 is 15.6 Å². The molecule has 0 radical (unpaired) electrons. The number of fused-ring (bicyclic) bond motifs is 2. The standard InChI is InChI=1S/C32H38N6O4/c1-20-6-7-28(21(2)14-20)42-19-23(39)17-34-25-8-9-33-31(40)29(25)30-35-26-15-22-18-38(13-5-12-37-10-3-4-11-37)32(41)24(22)16-27(26)36-30/h6-9,14-16,23,39H,3-5,10-13,17-19H2,1-2H3,(H,35,36)(H2,33,34,40). The number of hydrogen-bond acceptors (Lipinski definition) is 7. The van der Waals surface area contributed by atoms with Crippen LogP contribution >= 0.6 is 0 Å². The Bertz CT molecular complexity index is 1650. The molecular weight excluding hydrogens is 532 g/mol. The number of anilines is 1. The van der Waals surface area contributed by atoms with E-state index < -0.39 is 6.10 Å². The first-order valence-corrected chi connectivity index (χ1v) is 14.7. The molecule has 0 aliphatic carbocycles. The molecule has 4 aromatic rings. The van der Waals surface area contributed by atoms with Gasteiger partial charge < -0.3 is 34.9 Å². The van der Waals surface area contributed by atoms with Gasteiger partial charge in [0, 0.05) is 31.4 Å². The van der Waals surface area contributed by atoms with Gasteiger partial charge in [-0.3, -0.25) is 9.59 Å². The van der Waals surface area contributed by atoms with Crippen LogP contribution in [-0.4, -0.2) is 81.2 Å². The predicted octanol–water partition coefficient (Wildman–Crippen LogP) is 3.83. The quantitative estimate of drug-likeness (QED) is 0.216. The summed E-state index contributed by atoms with van der Waals surface area (Å²) < 4.78 is 5.81. The second-order valence-electron chi connectivity index (χ2n) is 11.5. The van der Waals surface area contributed by atoms with Crippen molar-refractivity contribution in [2.75, 3.05) is 44.6 Å². The van der Waals surface area contributed by atoms with Crippen molar-refractivity contribution in [3.8, 4) is 17.1 Å². The first-order chi connectivity index (χ1) is 20.4. The number of aromatic amines is 2. The summed E-state index contributed by atoms with van der Waals surface area (Å²) in [6.07, 6.45) is 4.26. The second kappa shape index (κ2) is 12.0. The average molecular weight is 571 g/mol. The highest BCUT2D eigenvalue weighted by atomic mass is 16.5. The van der Waals surface area contributed by atoms with E-state index in [4.69, 9.17) is 9.72 Å². The van der Waals surface area contributed by atoms with Crippen LogP contribution in [0, 0.1) is 13.8 Å². The summed E-state index contributed by atoms with van der Waals surface area (Å²) >= 11 is 0. The van der Waals surface area contributed by atoms with Crippen LogP contribution in [0.4, 0.5) is 5.69 Å². The van der Waals surface area contributed by atoms with Crippen LogP contribution in [0.2, 0.25) is 0 Å². The topological polar surface area (TPSA) is 127 Å². The second-order valence-corrected chi connectivity index (χ2v) is 11.5. The third-order valence-electron chi connectivity index (χ3n) is 8.17. The molecule has 42 heavy (non-hydrogen) atoms. The van der Waals surface area contributed by atoms with Crippen LogP contribution in [0.3, 0.4) is 0 Å². The Morgan fingerprint density at radius 1 is 1.10 bits per heavy atom. The fourth-order valence-electron chi connectivity index (χ4n) is 5.96. The number of H-pyrrole nitrogens is 2. The lowest BCUT2D eigenvalue weighted by atomic mass is 10.1. The van der Waals surface area contributed by atoms with Crippen LogP contribution in [0.5, 0.6) is 5.75 Å². The highest BCUT2D eigenvalue weighted by molar-refractivity contribution is 6.02. The Balaban J connectivity index is 1.13. The molecule has 1 amide bonds. The molecule has 2 aromatic carbocycles. The molecule has 2 aromatic heterocycles. The molecule has 1 unspecified atom stereocenters. The van der Waals surface area contributed by atoms with Crippen molar-refractivity contribution < 1.29 is 14.6 Å². The zero-order chi connectivity index (χ0) is 29.2. The molecular formula is C32H38N6O4. The van der Waals surface area contributed by atoms with E-state index in [-0.39, 0.29) is 24.6 Å². The number of benzene rings is 2. The van der Waals surface area contributed by atoms with Crippen molar-refractivity contribution >= 4 is 22.6 Å². The number of ether oxygens (including phenoxy) is 1. The summed E-state index contributed by atoms with van der Waals surface area (Å²) in [7, 11) is 0. The van der Waals surface area contributed by atoms with Crippen molar-refractivity contribution in [1.82, 2.24) is 24.8 Å². The van der Waals surface area contributed by atoms with E-state index in [9.17, 15) is 14.7 Å². The van der Waals surface area contributed by atoms with Crippen LogP contribution in [0.1, 0.15) is 46.3 Å². The molecule has 4 N–H and O–H groups in total. The summed E-state index contributed by atoms with van der Waals surface area (Å²) in [5, 5.41) is 13.8. The number of nitrogens with zero attached hydrogens (tertiary/aromatic N) is 3. The molecule has 4 heterocycles. The van der Waals surface area contributed by atoms with E-state index in [1.54, 1.807) is 12.3 Å². The van der Waals surface area contributed by atoms with Gasteiger partial charge in [0.25, 0.3) is 11.5 Å². The van der Waals surface area contributed by atoms with E-state index in [2.05, 4.69) is 20.2 Å². The molecule has 0 saturated carbocycles. The van der Waals surface area contributed by atoms with Crippen LogP contribution in [-0.2, 0) is 6.54 Å². The Morgan fingerprint density at radius 2 is 1.93 bits per heavy atom. The molecule has 10 nitrogen and oxygen atoms in total. The van der Waals surface area contributed by atoms with E-state index in [0.717, 1.165) is 60.6 Å². The zero-order valence-electron chi connectivity index (χ0n) is 24.2. The molecule has 10 heteroatoms. The Hall–Kier alpha value is -4.15. The number of hydrogen-bond donors (Lipinski definition) is 4. The number of carbonyl (C=O) groups excluding carboxylic acids is 1. The third kappa shape index (κ3) is 5.91. The van der Waals surface area contributed by atoms with Gasteiger partial charge in [0.1, 0.15) is 29.8 Å². The van der Waals surface area contributed by atoms with Crippen LogP contribution in [0.25, 0.3) is 22.4 Å². The van der Waals surface area contributed by atoms with E-state index in [1.807, 2.05) is 49.1 Å². The highest BCUT2D eigenvalue weighted by Gasteiger charge is 2.28. The van der Waals surface area contributed by atoms with Crippen molar-refractivity contribution in [3.05, 3.63) is 75.2 Å². The number of rotatable bonds is 11. The molecule has 6 rings (SSSR count). The van der Waals surface area contributed by atoms with Gasteiger partial charge in [-0.1, -0.05) is 17.7 Å². The number of aryl methyl sites for hydroxylation is 2.